The van der Waals surface area contributed by atoms with Gasteiger partial charge in [0.2, 0.25) is 0 Å². The van der Waals surface area contributed by atoms with Crippen molar-refractivity contribution in [3.05, 3.63) is 78.4 Å². The van der Waals surface area contributed by atoms with Crippen molar-refractivity contribution in [2.45, 2.75) is 39.7 Å². The summed E-state index contributed by atoms with van der Waals surface area (Å²) in [6.07, 6.45) is 1.77. The van der Waals surface area contributed by atoms with Gasteiger partial charge in [-0.05, 0) is 23.3 Å². The smallest absolute Gasteiger partial charge is 0.120 e. The minimum absolute atomic E-state index is 0.0604. The third-order valence-electron chi connectivity index (χ3n) is 3.56. The predicted octanol–water partition coefficient (Wildman–Crippen LogP) is 5.77. The van der Waals surface area contributed by atoms with Crippen molar-refractivity contribution in [1.82, 2.24) is 0 Å². The zero-order chi connectivity index (χ0) is 17.8. The predicted molar refractivity (Wildman–Crippen MR) is 103 cm³/mol. The first-order valence-electron chi connectivity index (χ1n) is 8.58. The Labute approximate surface area is 147 Å². The molecule has 0 fully saturated rings. The second-order valence-electron chi connectivity index (χ2n) is 5.99. The summed E-state index contributed by atoms with van der Waals surface area (Å²) in [5.74, 6) is 0.887. The van der Waals surface area contributed by atoms with E-state index in [0.29, 0.717) is 19.8 Å². The quantitative estimate of drug-likeness (QED) is 0.453. The molecule has 0 bridgehead atoms. The van der Waals surface area contributed by atoms with Gasteiger partial charge in [-0.1, -0.05) is 76.2 Å². The van der Waals surface area contributed by atoms with E-state index in [1.807, 2.05) is 44.2 Å². The maximum absolute atomic E-state index is 5.90. The minimum Gasteiger partial charge on any atom is -0.489 e. The van der Waals surface area contributed by atoms with E-state index in [9.17, 15) is 0 Å². The first kappa shape index (κ1) is 20.0. The Morgan fingerprint density at radius 3 is 2.38 bits per heavy atom. The Kier molecular flexibility index (Phi) is 8.88. The highest BCUT2D eigenvalue weighted by atomic mass is 16.5. The topological polar surface area (TPSA) is 18.5 Å². The maximum atomic E-state index is 5.90. The summed E-state index contributed by atoms with van der Waals surface area (Å²) < 4.78 is 11.5. The van der Waals surface area contributed by atoms with Crippen LogP contribution in [0, 0.1) is 0 Å². The van der Waals surface area contributed by atoms with E-state index in [4.69, 9.17) is 9.47 Å². The van der Waals surface area contributed by atoms with Crippen LogP contribution in [-0.4, -0.2) is 13.2 Å². The van der Waals surface area contributed by atoms with E-state index < -0.39 is 0 Å². The van der Waals surface area contributed by atoms with Gasteiger partial charge in [0.25, 0.3) is 0 Å². The molecule has 0 saturated heterocycles. The van der Waals surface area contributed by atoms with Crippen LogP contribution in [0.25, 0.3) is 0 Å². The molecule has 24 heavy (non-hydrogen) atoms. The SMILES string of the molecule is C=CCOCC(C)(C)c1cccc(OCc2ccccc2)c1.CC. The fourth-order valence-electron chi connectivity index (χ4n) is 2.23. The van der Waals surface area contributed by atoms with Crippen molar-refractivity contribution in [3.63, 3.8) is 0 Å². The van der Waals surface area contributed by atoms with Gasteiger partial charge >= 0.3 is 0 Å². The molecule has 2 aromatic carbocycles. The van der Waals surface area contributed by atoms with Crippen LogP contribution in [0.4, 0.5) is 0 Å². The molecule has 2 aromatic rings. The number of ether oxygens (including phenoxy) is 2. The zero-order valence-corrected chi connectivity index (χ0v) is 15.4. The van der Waals surface area contributed by atoms with Crippen LogP contribution < -0.4 is 4.74 Å². The lowest BCUT2D eigenvalue weighted by Gasteiger charge is -2.25. The molecule has 2 heteroatoms. The lowest BCUT2D eigenvalue weighted by molar-refractivity contribution is 0.117. The van der Waals surface area contributed by atoms with Gasteiger partial charge in [0.15, 0.2) is 0 Å². The molecular weight excluding hydrogens is 296 g/mol. The molecule has 0 saturated carbocycles. The number of hydrogen-bond donors (Lipinski definition) is 0. The van der Waals surface area contributed by atoms with Gasteiger partial charge in [-0.3, -0.25) is 0 Å². The molecule has 0 amide bonds. The number of hydrogen-bond acceptors (Lipinski definition) is 2. The van der Waals surface area contributed by atoms with E-state index in [1.54, 1.807) is 6.08 Å². The summed E-state index contributed by atoms with van der Waals surface area (Å²) in [5.41, 5.74) is 2.32. The fraction of sp³-hybridized carbons (Fsp3) is 0.364. The van der Waals surface area contributed by atoms with E-state index in [0.717, 1.165) is 5.75 Å². The molecule has 0 aliphatic rings. The van der Waals surface area contributed by atoms with Crippen molar-refractivity contribution < 1.29 is 9.47 Å². The van der Waals surface area contributed by atoms with Crippen LogP contribution in [-0.2, 0) is 16.8 Å². The lowest BCUT2D eigenvalue weighted by Crippen LogP contribution is -2.24. The van der Waals surface area contributed by atoms with Crippen LogP contribution in [0.2, 0.25) is 0 Å². The summed E-state index contributed by atoms with van der Waals surface area (Å²) in [4.78, 5) is 0. The van der Waals surface area contributed by atoms with Gasteiger partial charge in [-0.2, -0.15) is 0 Å². The second kappa shape index (κ2) is 10.7. The van der Waals surface area contributed by atoms with Gasteiger partial charge in [-0.25, -0.2) is 0 Å². The molecule has 0 heterocycles. The third-order valence-corrected chi connectivity index (χ3v) is 3.56. The highest BCUT2D eigenvalue weighted by Crippen LogP contribution is 2.27. The number of benzene rings is 2. The largest absolute Gasteiger partial charge is 0.489 e. The summed E-state index contributed by atoms with van der Waals surface area (Å²) in [5, 5.41) is 0. The maximum Gasteiger partial charge on any atom is 0.120 e. The van der Waals surface area contributed by atoms with E-state index >= 15 is 0 Å². The molecule has 0 aliphatic carbocycles. The summed E-state index contributed by atoms with van der Waals surface area (Å²) in [7, 11) is 0. The van der Waals surface area contributed by atoms with Gasteiger partial charge in [0.05, 0.1) is 13.2 Å². The van der Waals surface area contributed by atoms with Crippen molar-refractivity contribution in [2.75, 3.05) is 13.2 Å². The highest BCUT2D eigenvalue weighted by Gasteiger charge is 2.21. The summed E-state index contributed by atoms with van der Waals surface area (Å²) >= 11 is 0. The van der Waals surface area contributed by atoms with E-state index in [2.05, 4.69) is 44.7 Å². The Hall–Kier alpha value is -2.06. The Morgan fingerprint density at radius 2 is 1.71 bits per heavy atom. The Morgan fingerprint density at radius 1 is 1.00 bits per heavy atom. The van der Waals surface area contributed by atoms with Crippen LogP contribution in [0.1, 0.15) is 38.8 Å². The molecule has 0 aliphatic heterocycles. The standard InChI is InChI=1S/C20H24O2.C2H6/c1-4-13-21-16-20(2,3)18-11-8-12-19(14-18)22-15-17-9-6-5-7-10-17;1-2/h4-12,14H,1,13,15-16H2,2-3H3;1-2H3. The fourth-order valence-corrected chi connectivity index (χ4v) is 2.23. The van der Waals surface area contributed by atoms with Crippen LogP contribution in [0.3, 0.4) is 0 Å². The second-order valence-corrected chi connectivity index (χ2v) is 5.99. The van der Waals surface area contributed by atoms with Crippen molar-refractivity contribution in [3.8, 4) is 5.75 Å². The molecule has 130 valence electrons. The molecule has 0 aromatic heterocycles. The van der Waals surface area contributed by atoms with Gasteiger partial charge in [-0.15, -0.1) is 6.58 Å². The third kappa shape index (κ3) is 6.59. The van der Waals surface area contributed by atoms with E-state index in [-0.39, 0.29) is 5.41 Å². The molecule has 0 radical (unpaired) electrons. The van der Waals surface area contributed by atoms with Crippen molar-refractivity contribution >= 4 is 0 Å². The summed E-state index contributed by atoms with van der Waals surface area (Å²) in [6.45, 7) is 13.8. The van der Waals surface area contributed by atoms with Gasteiger partial charge < -0.3 is 9.47 Å². The summed E-state index contributed by atoms with van der Waals surface area (Å²) in [6, 6.07) is 18.4. The van der Waals surface area contributed by atoms with Crippen LogP contribution >= 0.6 is 0 Å². The monoisotopic (exact) mass is 326 g/mol. The average molecular weight is 326 g/mol. The van der Waals surface area contributed by atoms with Crippen molar-refractivity contribution in [2.24, 2.45) is 0 Å². The highest BCUT2D eigenvalue weighted by molar-refractivity contribution is 5.33. The van der Waals surface area contributed by atoms with Crippen molar-refractivity contribution in [1.29, 1.82) is 0 Å². The molecule has 2 rings (SSSR count). The number of rotatable bonds is 8. The molecule has 0 spiro atoms. The molecule has 0 N–H and O–H groups in total. The zero-order valence-electron chi connectivity index (χ0n) is 15.4. The van der Waals surface area contributed by atoms with Crippen LogP contribution in [0.15, 0.2) is 67.3 Å². The molecule has 0 unspecified atom stereocenters. The first-order valence-corrected chi connectivity index (χ1v) is 8.58. The normalized spacial score (nSPS) is 10.5. The average Bonchev–Trinajstić information content (AvgIpc) is 2.63. The Bertz CT molecular complexity index is 588. The first-order chi connectivity index (χ1) is 11.6. The lowest BCUT2D eigenvalue weighted by atomic mass is 9.85. The van der Waals surface area contributed by atoms with Gasteiger partial charge in [0, 0.05) is 5.41 Å². The molecule has 2 nitrogen and oxygen atoms in total. The van der Waals surface area contributed by atoms with E-state index in [1.165, 1.54) is 11.1 Å². The van der Waals surface area contributed by atoms with Crippen LogP contribution in [0.5, 0.6) is 5.75 Å². The Balaban J connectivity index is 0.00000139. The van der Waals surface area contributed by atoms with Gasteiger partial charge in [0.1, 0.15) is 12.4 Å². The molecular formula is C22H30O2. The minimum atomic E-state index is -0.0604. The molecule has 0 atom stereocenters.